The Kier molecular flexibility index (Phi) is 14.2. The number of ether oxygens (including phenoxy) is 1. The van der Waals surface area contributed by atoms with Gasteiger partial charge in [0, 0.05) is 31.5 Å². The van der Waals surface area contributed by atoms with Crippen molar-refractivity contribution in [2.45, 2.75) is 90.4 Å². The Balaban J connectivity index is 1.98. The summed E-state index contributed by atoms with van der Waals surface area (Å²) >= 11 is 0. The summed E-state index contributed by atoms with van der Waals surface area (Å²) in [5, 5.41) is 12.1. The third kappa shape index (κ3) is 12.1. The smallest absolute Gasteiger partial charge is 0.362 e. The van der Waals surface area contributed by atoms with Gasteiger partial charge in [-0.2, -0.15) is 0 Å². The Morgan fingerprint density at radius 1 is 1.00 bits per heavy atom. The summed E-state index contributed by atoms with van der Waals surface area (Å²) in [7, 11) is 0. The minimum absolute atomic E-state index is 0.0488. The summed E-state index contributed by atoms with van der Waals surface area (Å²) in [6.07, 6.45) is 15.7. The fourth-order valence-corrected chi connectivity index (χ4v) is 2.80. The quantitative estimate of drug-likeness (QED) is 0.108. The number of hydrogen-bond donors (Lipinski definition) is 1. The van der Waals surface area contributed by atoms with E-state index in [9.17, 15) is 4.79 Å². The molecule has 0 saturated carbocycles. The molecule has 0 aliphatic rings. The highest BCUT2D eigenvalue weighted by Crippen LogP contribution is 2.12. The lowest BCUT2D eigenvalue weighted by atomic mass is 10.0. The van der Waals surface area contributed by atoms with E-state index in [1.165, 1.54) is 38.5 Å². The molecule has 0 atom stereocenters. The number of esters is 1. The summed E-state index contributed by atoms with van der Waals surface area (Å²) in [6, 6.07) is 5.06. The number of hydrogen-bond acceptors (Lipinski definition) is 5. The van der Waals surface area contributed by atoms with Crippen LogP contribution in [0.5, 0.6) is 5.88 Å². The molecule has 0 aliphatic heterocycles. The summed E-state index contributed by atoms with van der Waals surface area (Å²) in [5.41, 5.74) is 0.0488. The van der Waals surface area contributed by atoms with Crippen LogP contribution in [0.1, 0.15) is 90.4 Å². The average Bonchev–Trinajstić information content (AvgIpc) is 2.71. The molecule has 0 spiro atoms. The molecule has 0 radical (unpaired) electrons. The van der Waals surface area contributed by atoms with Gasteiger partial charge >= 0.3 is 5.97 Å². The van der Waals surface area contributed by atoms with Gasteiger partial charge in [-0.3, -0.25) is 0 Å². The van der Waals surface area contributed by atoms with Gasteiger partial charge in [0.05, 0.1) is 0 Å². The minimum atomic E-state index is -0.638. The largest absolute Gasteiger partial charge is 0.410 e. The molecule has 1 N–H and O–H groups in total. The number of rotatable bonds is 14. The van der Waals surface area contributed by atoms with Crippen LogP contribution in [0.2, 0.25) is 0 Å². The van der Waals surface area contributed by atoms with Crippen LogP contribution in [0.4, 0.5) is 0 Å². The first-order chi connectivity index (χ1) is 13.8. The van der Waals surface area contributed by atoms with Gasteiger partial charge in [0.15, 0.2) is 5.71 Å². The standard InChI is InChI=1S/C23H34N2O3/c1-2-3-4-5-6-7-8-9-10-11-12-13-14-15-18-21(25-27)23(26)28-22-19-16-17-20-24-22/h16-17,19-20,27H,2-3,6-15,18H2,1H3. The minimum Gasteiger partial charge on any atom is -0.410 e. The number of oxime groups is 1. The van der Waals surface area contributed by atoms with Gasteiger partial charge < -0.3 is 9.94 Å². The molecule has 28 heavy (non-hydrogen) atoms. The molecule has 1 rings (SSSR count). The predicted octanol–water partition coefficient (Wildman–Crippen LogP) is 5.91. The van der Waals surface area contributed by atoms with E-state index in [4.69, 9.17) is 9.94 Å². The molecule has 1 aromatic heterocycles. The van der Waals surface area contributed by atoms with E-state index < -0.39 is 5.97 Å². The van der Waals surface area contributed by atoms with Crippen molar-refractivity contribution in [1.82, 2.24) is 4.98 Å². The fourth-order valence-electron chi connectivity index (χ4n) is 2.80. The molecule has 154 valence electrons. The van der Waals surface area contributed by atoms with Crippen LogP contribution in [0.25, 0.3) is 0 Å². The highest BCUT2D eigenvalue weighted by molar-refractivity contribution is 6.36. The molecule has 0 bridgehead atoms. The van der Waals surface area contributed by atoms with E-state index in [0.717, 1.165) is 38.5 Å². The van der Waals surface area contributed by atoms with E-state index in [1.54, 1.807) is 24.4 Å². The van der Waals surface area contributed by atoms with Crippen LogP contribution in [0.3, 0.4) is 0 Å². The lowest BCUT2D eigenvalue weighted by Gasteiger charge is -2.05. The Morgan fingerprint density at radius 2 is 1.64 bits per heavy atom. The zero-order valence-electron chi connectivity index (χ0n) is 17.2. The monoisotopic (exact) mass is 386 g/mol. The number of unbranched alkanes of at least 4 members (excludes halogenated alkanes) is 10. The van der Waals surface area contributed by atoms with Crippen molar-refractivity contribution in [2.75, 3.05) is 0 Å². The van der Waals surface area contributed by atoms with Crippen molar-refractivity contribution in [2.24, 2.45) is 5.16 Å². The lowest BCUT2D eigenvalue weighted by molar-refractivity contribution is -0.127. The third-order valence-corrected chi connectivity index (χ3v) is 4.41. The average molecular weight is 387 g/mol. The summed E-state index contributed by atoms with van der Waals surface area (Å²) < 4.78 is 5.09. The van der Waals surface area contributed by atoms with E-state index in [2.05, 4.69) is 28.9 Å². The van der Waals surface area contributed by atoms with Crippen LogP contribution in [-0.2, 0) is 4.79 Å². The van der Waals surface area contributed by atoms with E-state index in [-0.39, 0.29) is 11.6 Å². The van der Waals surface area contributed by atoms with Crippen molar-refractivity contribution < 1.29 is 14.7 Å². The third-order valence-electron chi connectivity index (χ3n) is 4.41. The Morgan fingerprint density at radius 3 is 2.25 bits per heavy atom. The summed E-state index contributed by atoms with van der Waals surface area (Å²) in [6.45, 7) is 2.16. The predicted molar refractivity (Wildman–Crippen MR) is 113 cm³/mol. The number of nitrogens with zero attached hydrogens (tertiary/aromatic N) is 2. The summed E-state index contributed by atoms with van der Waals surface area (Å²) in [5.74, 6) is 6.00. The SMILES string of the molecule is CCCC#CCCCCCCCCCCCC(=NO)C(=O)Oc1ccccn1. The maximum Gasteiger partial charge on any atom is 0.362 e. The molecule has 0 amide bonds. The second kappa shape index (κ2) is 16.8. The van der Waals surface area contributed by atoms with Crippen LogP contribution >= 0.6 is 0 Å². The van der Waals surface area contributed by atoms with E-state index in [1.807, 2.05) is 0 Å². The van der Waals surface area contributed by atoms with E-state index >= 15 is 0 Å². The van der Waals surface area contributed by atoms with Crippen molar-refractivity contribution in [1.29, 1.82) is 0 Å². The first-order valence-electron chi connectivity index (χ1n) is 10.6. The Hall–Kier alpha value is -2.35. The first-order valence-corrected chi connectivity index (χ1v) is 10.6. The molecular weight excluding hydrogens is 352 g/mol. The molecular formula is C23H34N2O3. The van der Waals surface area contributed by atoms with Crippen LogP contribution in [0, 0.1) is 11.8 Å². The maximum absolute atomic E-state index is 11.9. The normalized spacial score (nSPS) is 11.0. The highest BCUT2D eigenvalue weighted by atomic mass is 16.5. The zero-order valence-corrected chi connectivity index (χ0v) is 17.2. The van der Waals surface area contributed by atoms with Gasteiger partial charge in [-0.15, -0.1) is 11.8 Å². The molecule has 0 unspecified atom stereocenters. The molecule has 5 nitrogen and oxygen atoms in total. The summed E-state index contributed by atoms with van der Waals surface area (Å²) in [4.78, 5) is 15.9. The number of carbonyl (C=O) groups excluding carboxylic acids is 1. The van der Waals surface area contributed by atoms with Gasteiger partial charge in [-0.1, -0.05) is 63.1 Å². The molecule has 0 aromatic carbocycles. The maximum atomic E-state index is 11.9. The Labute approximate surface area is 169 Å². The van der Waals surface area contributed by atoms with Gasteiger partial charge in [-0.05, 0) is 25.3 Å². The van der Waals surface area contributed by atoms with Gasteiger partial charge in [0.2, 0.25) is 5.88 Å². The Bertz CT molecular complexity index is 618. The number of carbonyl (C=O) groups is 1. The molecule has 0 aliphatic carbocycles. The lowest BCUT2D eigenvalue weighted by Crippen LogP contribution is -2.21. The van der Waals surface area contributed by atoms with Crippen LogP contribution in [0.15, 0.2) is 29.6 Å². The molecule has 1 aromatic rings. The number of aromatic nitrogens is 1. The molecule has 0 fully saturated rings. The highest BCUT2D eigenvalue weighted by Gasteiger charge is 2.15. The second-order valence-corrected chi connectivity index (χ2v) is 6.89. The molecule has 1 heterocycles. The second-order valence-electron chi connectivity index (χ2n) is 6.89. The van der Waals surface area contributed by atoms with Crippen molar-refractivity contribution in [3.8, 4) is 17.7 Å². The first kappa shape index (κ1) is 23.7. The van der Waals surface area contributed by atoms with Gasteiger partial charge in [-0.25, -0.2) is 9.78 Å². The topological polar surface area (TPSA) is 71.8 Å². The molecule has 0 saturated heterocycles. The molecule has 5 heteroatoms. The van der Waals surface area contributed by atoms with Crippen LogP contribution in [-0.4, -0.2) is 21.9 Å². The van der Waals surface area contributed by atoms with Gasteiger partial charge in [0.25, 0.3) is 0 Å². The fraction of sp³-hybridized carbons (Fsp3) is 0.609. The van der Waals surface area contributed by atoms with Crippen LogP contribution < -0.4 is 4.74 Å². The van der Waals surface area contributed by atoms with E-state index in [0.29, 0.717) is 6.42 Å². The zero-order chi connectivity index (χ0) is 20.3. The number of pyridine rings is 1. The van der Waals surface area contributed by atoms with Crippen molar-refractivity contribution in [3.05, 3.63) is 24.4 Å². The van der Waals surface area contributed by atoms with Crippen molar-refractivity contribution in [3.63, 3.8) is 0 Å². The van der Waals surface area contributed by atoms with Crippen molar-refractivity contribution >= 4 is 11.7 Å². The van der Waals surface area contributed by atoms with Gasteiger partial charge in [0.1, 0.15) is 0 Å².